The van der Waals surface area contributed by atoms with Crippen LogP contribution in [0.3, 0.4) is 0 Å². The summed E-state index contributed by atoms with van der Waals surface area (Å²) in [6.07, 6.45) is 1.91. The zero-order chi connectivity index (χ0) is 12.3. The first-order chi connectivity index (χ1) is 8.36. The summed E-state index contributed by atoms with van der Waals surface area (Å²) in [6.45, 7) is 3.95. The molecule has 0 aromatic heterocycles. The van der Waals surface area contributed by atoms with Gasteiger partial charge in [-0.15, -0.1) is 0 Å². The van der Waals surface area contributed by atoms with E-state index in [2.05, 4.69) is 29.2 Å². The highest BCUT2D eigenvalue weighted by atomic mass is 16.5. The number of unbranched alkanes of at least 4 members (excludes halogenated alkanes) is 1. The molecule has 0 saturated heterocycles. The molecule has 0 aliphatic carbocycles. The van der Waals surface area contributed by atoms with E-state index >= 15 is 0 Å². The molecule has 1 rings (SSSR count). The van der Waals surface area contributed by atoms with Crippen molar-refractivity contribution >= 4 is 0 Å². The summed E-state index contributed by atoms with van der Waals surface area (Å²) in [4.78, 5) is 2.37. The fourth-order valence-electron chi connectivity index (χ4n) is 1.78. The van der Waals surface area contributed by atoms with Gasteiger partial charge in [-0.25, -0.2) is 0 Å². The first-order valence-corrected chi connectivity index (χ1v) is 6.23. The summed E-state index contributed by atoms with van der Waals surface area (Å²) in [5.74, 6) is 0. The highest BCUT2D eigenvalue weighted by Gasteiger charge is 2.05. The number of benzene rings is 1. The molecule has 96 valence electrons. The third-order valence-corrected chi connectivity index (χ3v) is 2.74. The van der Waals surface area contributed by atoms with Crippen LogP contribution in [0.4, 0.5) is 0 Å². The van der Waals surface area contributed by atoms with Gasteiger partial charge in [-0.1, -0.05) is 30.3 Å². The molecule has 0 bridgehead atoms. The zero-order valence-corrected chi connectivity index (χ0v) is 10.6. The van der Waals surface area contributed by atoms with Gasteiger partial charge in [0, 0.05) is 26.8 Å². The van der Waals surface area contributed by atoms with Crippen LogP contribution < -0.4 is 0 Å². The number of aliphatic hydroxyl groups excluding tert-OH is 1. The number of ether oxygens (including phenoxy) is 1. The molecule has 0 unspecified atom stereocenters. The second-order valence-electron chi connectivity index (χ2n) is 4.19. The SMILES string of the molecule is COCCN(CCCCO)Cc1ccccc1. The summed E-state index contributed by atoms with van der Waals surface area (Å²) in [6, 6.07) is 10.5. The van der Waals surface area contributed by atoms with Crippen molar-refractivity contribution in [2.24, 2.45) is 0 Å². The van der Waals surface area contributed by atoms with Gasteiger partial charge < -0.3 is 9.84 Å². The summed E-state index contributed by atoms with van der Waals surface area (Å²) in [5, 5.41) is 8.80. The number of nitrogens with zero attached hydrogens (tertiary/aromatic N) is 1. The Hall–Kier alpha value is -0.900. The van der Waals surface area contributed by atoms with Crippen LogP contribution >= 0.6 is 0 Å². The third kappa shape index (κ3) is 6.41. The Morgan fingerprint density at radius 1 is 1.12 bits per heavy atom. The smallest absolute Gasteiger partial charge is 0.0589 e. The van der Waals surface area contributed by atoms with E-state index in [0.717, 1.165) is 39.1 Å². The summed E-state index contributed by atoms with van der Waals surface area (Å²) in [5.41, 5.74) is 1.33. The molecule has 0 radical (unpaired) electrons. The average molecular weight is 237 g/mol. The maximum atomic E-state index is 8.80. The van der Waals surface area contributed by atoms with Gasteiger partial charge in [-0.05, 0) is 24.9 Å². The lowest BCUT2D eigenvalue weighted by molar-refractivity contribution is 0.141. The van der Waals surface area contributed by atoms with E-state index in [1.54, 1.807) is 7.11 Å². The van der Waals surface area contributed by atoms with Crippen molar-refractivity contribution in [2.75, 3.05) is 33.4 Å². The molecule has 1 aromatic rings. The lowest BCUT2D eigenvalue weighted by Crippen LogP contribution is -2.28. The van der Waals surface area contributed by atoms with Crippen molar-refractivity contribution in [1.82, 2.24) is 4.90 Å². The van der Waals surface area contributed by atoms with Crippen LogP contribution in [0.2, 0.25) is 0 Å². The highest BCUT2D eigenvalue weighted by molar-refractivity contribution is 5.14. The van der Waals surface area contributed by atoms with Crippen molar-refractivity contribution in [3.63, 3.8) is 0 Å². The molecule has 1 N–H and O–H groups in total. The number of aliphatic hydroxyl groups is 1. The van der Waals surface area contributed by atoms with Gasteiger partial charge in [-0.3, -0.25) is 4.90 Å². The Labute approximate surface area is 104 Å². The van der Waals surface area contributed by atoms with E-state index < -0.39 is 0 Å². The van der Waals surface area contributed by atoms with Crippen molar-refractivity contribution in [3.05, 3.63) is 35.9 Å². The Kier molecular flexibility index (Phi) is 7.63. The molecule has 3 nitrogen and oxygen atoms in total. The van der Waals surface area contributed by atoms with Gasteiger partial charge in [0.25, 0.3) is 0 Å². The van der Waals surface area contributed by atoms with Crippen LogP contribution in [-0.2, 0) is 11.3 Å². The monoisotopic (exact) mass is 237 g/mol. The Balaban J connectivity index is 2.39. The summed E-state index contributed by atoms with van der Waals surface area (Å²) >= 11 is 0. The van der Waals surface area contributed by atoms with E-state index in [1.807, 2.05) is 6.07 Å². The molecular weight excluding hydrogens is 214 g/mol. The van der Waals surface area contributed by atoms with E-state index in [1.165, 1.54) is 5.56 Å². The fraction of sp³-hybridized carbons (Fsp3) is 0.571. The molecule has 3 heteroatoms. The topological polar surface area (TPSA) is 32.7 Å². The predicted molar refractivity (Wildman–Crippen MR) is 69.9 cm³/mol. The van der Waals surface area contributed by atoms with Gasteiger partial charge in [0.2, 0.25) is 0 Å². The van der Waals surface area contributed by atoms with Crippen LogP contribution in [0.15, 0.2) is 30.3 Å². The molecule has 0 fully saturated rings. The summed E-state index contributed by atoms with van der Waals surface area (Å²) in [7, 11) is 1.73. The second kappa shape index (κ2) is 9.16. The molecule has 0 amide bonds. The van der Waals surface area contributed by atoms with Gasteiger partial charge in [-0.2, -0.15) is 0 Å². The van der Waals surface area contributed by atoms with Gasteiger partial charge in [0.1, 0.15) is 0 Å². The molecule has 0 aliphatic rings. The Morgan fingerprint density at radius 3 is 2.53 bits per heavy atom. The van der Waals surface area contributed by atoms with E-state index in [9.17, 15) is 0 Å². The van der Waals surface area contributed by atoms with E-state index in [4.69, 9.17) is 9.84 Å². The molecule has 0 saturated carbocycles. The summed E-state index contributed by atoms with van der Waals surface area (Å²) < 4.78 is 5.13. The van der Waals surface area contributed by atoms with Gasteiger partial charge in [0.15, 0.2) is 0 Å². The predicted octanol–water partition coefficient (Wildman–Crippen LogP) is 1.91. The Bertz CT molecular complexity index is 277. The molecule has 0 aliphatic heterocycles. The molecule has 1 aromatic carbocycles. The maximum absolute atomic E-state index is 8.80. The number of hydrogen-bond acceptors (Lipinski definition) is 3. The molecule has 17 heavy (non-hydrogen) atoms. The van der Waals surface area contributed by atoms with Crippen LogP contribution in [0.1, 0.15) is 18.4 Å². The maximum Gasteiger partial charge on any atom is 0.0589 e. The van der Waals surface area contributed by atoms with Crippen molar-refractivity contribution in [2.45, 2.75) is 19.4 Å². The highest BCUT2D eigenvalue weighted by Crippen LogP contribution is 2.05. The van der Waals surface area contributed by atoms with Crippen LogP contribution in [-0.4, -0.2) is 43.4 Å². The minimum atomic E-state index is 0.281. The fourth-order valence-corrected chi connectivity index (χ4v) is 1.78. The lowest BCUT2D eigenvalue weighted by Gasteiger charge is -2.21. The Morgan fingerprint density at radius 2 is 1.88 bits per heavy atom. The third-order valence-electron chi connectivity index (χ3n) is 2.74. The largest absolute Gasteiger partial charge is 0.396 e. The first kappa shape index (κ1) is 14.2. The van der Waals surface area contributed by atoms with Crippen LogP contribution in [0.25, 0.3) is 0 Å². The quantitative estimate of drug-likeness (QED) is 0.666. The normalized spacial score (nSPS) is 11.0. The van der Waals surface area contributed by atoms with E-state index in [0.29, 0.717) is 0 Å². The minimum Gasteiger partial charge on any atom is -0.396 e. The molecule has 0 atom stereocenters. The molecule has 0 heterocycles. The van der Waals surface area contributed by atoms with Crippen molar-refractivity contribution in [3.8, 4) is 0 Å². The van der Waals surface area contributed by atoms with Gasteiger partial charge >= 0.3 is 0 Å². The number of rotatable bonds is 9. The lowest BCUT2D eigenvalue weighted by atomic mass is 10.2. The van der Waals surface area contributed by atoms with Gasteiger partial charge in [0.05, 0.1) is 6.61 Å². The number of methoxy groups -OCH3 is 1. The minimum absolute atomic E-state index is 0.281. The molecular formula is C14H23NO2. The van der Waals surface area contributed by atoms with Crippen molar-refractivity contribution in [1.29, 1.82) is 0 Å². The standard InChI is InChI=1S/C14H23NO2/c1-17-12-10-15(9-5-6-11-16)13-14-7-3-2-4-8-14/h2-4,7-8,16H,5-6,9-13H2,1H3. The van der Waals surface area contributed by atoms with Crippen LogP contribution in [0.5, 0.6) is 0 Å². The average Bonchev–Trinajstić information content (AvgIpc) is 2.37. The second-order valence-corrected chi connectivity index (χ2v) is 4.19. The van der Waals surface area contributed by atoms with Crippen LogP contribution in [0, 0.1) is 0 Å². The van der Waals surface area contributed by atoms with E-state index in [-0.39, 0.29) is 6.61 Å². The zero-order valence-electron chi connectivity index (χ0n) is 10.6. The molecule has 0 spiro atoms. The first-order valence-electron chi connectivity index (χ1n) is 6.23. The number of hydrogen-bond donors (Lipinski definition) is 1. The van der Waals surface area contributed by atoms with Crippen molar-refractivity contribution < 1.29 is 9.84 Å².